The van der Waals surface area contributed by atoms with Crippen LogP contribution >= 0.6 is 11.8 Å². The molecule has 6 heteroatoms. The number of amidine groups is 1. The number of rotatable bonds is 3. The van der Waals surface area contributed by atoms with Crippen molar-refractivity contribution in [1.82, 2.24) is 20.1 Å². The fourth-order valence-electron chi connectivity index (χ4n) is 1.67. The van der Waals surface area contributed by atoms with E-state index in [0.717, 1.165) is 23.2 Å². The number of hydrogen-bond acceptors (Lipinski definition) is 4. The first-order valence-electron chi connectivity index (χ1n) is 5.91. The van der Waals surface area contributed by atoms with Crippen molar-refractivity contribution in [3.63, 3.8) is 0 Å². The van der Waals surface area contributed by atoms with Crippen LogP contribution in [0.5, 0.6) is 0 Å². The topological polar surface area (TPSA) is 55.1 Å². The highest BCUT2D eigenvalue weighted by Gasteiger charge is 2.27. The summed E-state index contributed by atoms with van der Waals surface area (Å²) in [4.78, 5) is 4.58. The predicted molar refractivity (Wildman–Crippen MR) is 71.0 cm³/mol. The van der Waals surface area contributed by atoms with Crippen molar-refractivity contribution in [2.24, 2.45) is 12.0 Å². The van der Waals surface area contributed by atoms with Gasteiger partial charge in [0.1, 0.15) is 12.9 Å². The molecule has 1 aromatic heterocycles. The minimum absolute atomic E-state index is 0.198. The summed E-state index contributed by atoms with van der Waals surface area (Å²) in [6.45, 7) is 5.06. The molecule has 1 aliphatic rings. The van der Waals surface area contributed by atoms with Gasteiger partial charge < -0.3 is 9.88 Å². The summed E-state index contributed by atoms with van der Waals surface area (Å²) in [5.74, 6) is 2.03. The molecule has 94 valence electrons. The zero-order valence-electron chi connectivity index (χ0n) is 10.6. The Morgan fingerprint density at radius 1 is 1.65 bits per heavy atom. The SMILES string of the molecule is CCC1(C)CCSC(=NCc2nncn2C)N1. The minimum atomic E-state index is 0.198. The fourth-order valence-corrected chi connectivity index (χ4v) is 2.89. The van der Waals surface area contributed by atoms with Gasteiger partial charge in [-0.05, 0) is 19.8 Å². The summed E-state index contributed by atoms with van der Waals surface area (Å²) >= 11 is 1.79. The standard InChI is InChI=1S/C11H19N5S/c1-4-11(2)5-6-17-10(14-11)12-7-9-15-13-8-16(9)3/h8H,4-7H2,1-3H3,(H,12,14). The van der Waals surface area contributed by atoms with Gasteiger partial charge in [0.2, 0.25) is 0 Å². The maximum Gasteiger partial charge on any atom is 0.157 e. The van der Waals surface area contributed by atoms with Crippen LogP contribution in [-0.2, 0) is 13.6 Å². The molecule has 1 aliphatic heterocycles. The van der Waals surface area contributed by atoms with E-state index in [9.17, 15) is 0 Å². The lowest BCUT2D eigenvalue weighted by atomic mass is 9.96. The third-order valence-electron chi connectivity index (χ3n) is 3.25. The van der Waals surface area contributed by atoms with Crippen molar-refractivity contribution in [2.45, 2.75) is 38.8 Å². The first kappa shape index (κ1) is 12.4. The molecular formula is C11H19N5S. The molecule has 1 aromatic rings. The van der Waals surface area contributed by atoms with Gasteiger partial charge in [0.15, 0.2) is 11.0 Å². The van der Waals surface area contributed by atoms with E-state index in [1.165, 1.54) is 6.42 Å². The third kappa shape index (κ3) is 3.00. The lowest BCUT2D eigenvalue weighted by Crippen LogP contribution is -2.48. The number of nitrogens with one attached hydrogen (secondary N) is 1. The average Bonchev–Trinajstić information content (AvgIpc) is 2.73. The van der Waals surface area contributed by atoms with E-state index < -0.39 is 0 Å². The van der Waals surface area contributed by atoms with Gasteiger partial charge in [-0.25, -0.2) is 0 Å². The fraction of sp³-hybridized carbons (Fsp3) is 0.727. The number of aryl methyl sites for hydroxylation is 1. The second-order valence-corrected chi connectivity index (χ2v) is 5.70. The van der Waals surface area contributed by atoms with Crippen molar-refractivity contribution in [2.75, 3.05) is 5.75 Å². The van der Waals surface area contributed by atoms with E-state index in [1.807, 2.05) is 11.6 Å². The van der Waals surface area contributed by atoms with Gasteiger partial charge in [-0.15, -0.1) is 10.2 Å². The van der Waals surface area contributed by atoms with E-state index in [-0.39, 0.29) is 5.54 Å². The van der Waals surface area contributed by atoms with Crippen LogP contribution in [0.4, 0.5) is 0 Å². The number of aromatic nitrogens is 3. The zero-order chi connectivity index (χ0) is 12.3. The molecule has 1 unspecified atom stereocenters. The van der Waals surface area contributed by atoms with Crippen LogP contribution < -0.4 is 5.32 Å². The number of thioether (sulfide) groups is 1. The Hall–Kier alpha value is -1.04. The lowest BCUT2D eigenvalue weighted by molar-refractivity contribution is 0.390. The molecule has 1 N–H and O–H groups in total. The Balaban J connectivity index is 2.00. The van der Waals surface area contributed by atoms with Crippen molar-refractivity contribution < 1.29 is 0 Å². The van der Waals surface area contributed by atoms with Crippen LogP contribution in [0.3, 0.4) is 0 Å². The van der Waals surface area contributed by atoms with Gasteiger partial charge in [0.25, 0.3) is 0 Å². The lowest BCUT2D eigenvalue weighted by Gasteiger charge is -2.35. The molecule has 1 fully saturated rings. The van der Waals surface area contributed by atoms with Crippen molar-refractivity contribution in [3.8, 4) is 0 Å². The predicted octanol–water partition coefficient (Wildman–Crippen LogP) is 1.57. The third-order valence-corrected chi connectivity index (χ3v) is 4.16. The monoisotopic (exact) mass is 253 g/mol. The van der Waals surface area contributed by atoms with Crippen LogP contribution in [0, 0.1) is 0 Å². The highest BCUT2D eigenvalue weighted by molar-refractivity contribution is 8.13. The molecule has 0 spiro atoms. The second kappa shape index (κ2) is 5.08. The average molecular weight is 253 g/mol. The molecule has 0 aromatic carbocycles. The van der Waals surface area contributed by atoms with Gasteiger partial charge >= 0.3 is 0 Å². The summed E-state index contributed by atoms with van der Waals surface area (Å²) in [5.41, 5.74) is 0.198. The Morgan fingerprint density at radius 2 is 2.47 bits per heavy atom. The van der Waals surface area contributed by atoms with E-state index in [2.05, 4.69) is 34.4 Å². The molecule has 2 heterocycles. The normalized spacial score (nSPS) is 27.1. The molecule has 0 radical (unpaired) electrons. The Kier molecular flexibility index (Phi) is 3.71. The van der Waals surface area contributed by atoms with E-state index >= 15 is 0 Å². The van der Waals surface area contributed by atoms with Gasteiger partial charge in [-0.2, -0.15) is 0 Å². The van der Waals surface area contributed by atoms with Crippen LogP contribution in [0.2, 0.25) is 0 Å². The Labute approximate surface area is 106 Å². The van der Waals surface area contributed by atoms with Crippen LogP contribution in [0.1, 0.15) is 32.5 Å². The molecule has 2 rings (SSSR count). The van der Waals surface area contributed by atoms with E-state index in [4.69, 9.17) is 0 Å². The molecule has 0 saturated carbocycles. The first-order valence-corrected chi connectivity index (χ1v) is 6.90. The van der Waals surface area contributed by atoms with Crippen molar-refractivity contribution in [1.29, 1.82) is 0 Å². The van der Waals surface area contributed by atoms with Crippen LogP contribution in [0.25, 0.3) is 0 Å². The van der Waals surface area contributed by atoms with Crippen LogP contribution in [0.15, 0.2) is 11.3 Å². The smallest absolute Gasteiger partial charge is 0.157 e. The Morgan fingerprint density at radius 3 is 3.12 bits per heavy atom. The van der Waals surface area contributed by atoms with Gasteiger partial charge in [0.05, 0.1) is 0 Å². The summed E-state index contributed by atoms with van der Waals surface area (Å²) in [7, 11) is 1.94. The zero-order valence-corrected chi connectivity index (χ0v) is 11.4. The largest absolute Gasteiger partial charge is 0.360 e. The van der Waals surface area contributed by atoms with Crippen molar-refractivity contribution >= 4 is 16.9 Å². The summed E-state index contributed by atoms with van der Waals surface area (Å²) in [6, 6.07) is 0. The van der Waals surface area contributed by atoms with Gasteiger partial charge in [0, 0.05) is 18.3 Å². The molecule has 5 nitrogen and oxygen atoms in total. The van der Waals surface area contributed by atoms with Crippen molar-refractivity contribution in [3.05, 3.63) is 12.2 Å². The second-order valence-electron chi connectivity index (χ2n) is 4.62. The van der Waals surface area contributed by atoms with E-state index in [1.54, 1.807) is 18.1 Å². The Bertz CT molecular complexity index is 414. The van der Waals surface area contributed by atoms with E-state index in [0.29, 0.717) is 6.54 Å². The highest BCUT2D eigenvalue weighted by atomic mass is 32.2. The molecular weight excluding hydrogens is 234 g/mol. The van der Waals surface area contributed by atoms with Gasteiger partial charge in [-0.1, -0.05) is 18.7 Å². The summed E-state index contributed by atoms with van der Waals surface area (Å²) in [5, 5.41) is 12.4. The minimum Gasteiger partial charge on any atom is -0.360 e. The molecule has 0 amide bonds. The molecule has 17 heavy (non-hydrogen) atoms. The number of nitrogens with zero attached hydrogens (tertiary/aromatic N) is 4. The summed E-state index contributed by atoms with van der Waals surface area (Å²) in [6.07, 6.45) is 4.01. The molecule has 1 atom stereocenters. The molecule has 0 bridgehead atoms. The summed E-state index contributed by atoms with van der Waals surface area (Å²) < 4.78 is 1.90. The maximum absolute atomic E-state index is 4.58. The number of hydrogen-bond donors (Lipinski definition) is 1. The highest BCUT2D eigenvalue weighted by Crippen LogP contribution is 2.24. The first-order chi connectivity index (χ1) is 8.13. The van der Waals surface area contributed by atoms with Crippen LogP contribution in [-0.4, -0.2) is 31.2 Å². The maximum atomic E-state index is 4.58. The number of aliphatic imine (C=N–C) groups is 1. The molecule has 0 aliphatic carbocycles. The van der Waals surface area contributed by atoms with Gasteiger partial charge in [-0.3, -0.25) is 4.99 Å². The molecule has 1 saturated heterocycles. The quantitative estimate of drug-likeness (QED) is 0.888.